The minimum Gasteiger partial charge on any atom is -0.354 e. The zero-order chi connectivity index (χ0) is 13.8. The van der Waals surface area contributed by atoms with Crippen LogP contribution in [0.5, 0.6) is 0 Å². The SMILES string of the molecule is CCN(CC)CCN(CCS)CC(=O)NCCS. The lowest BCUT2D eigenvalue weighted by molar-refractivity contribution is -0.122. The molecule has 0 saturated carbocycles. The van der Waals surface area contributed by atoms with Crippen LogP contribution in [0.25, 0.3) is 0 Å². The lowest BCUT2D eigenvalue weighted by atomic mass is 10.4. The second-order valence-corrected chi connectivity index (χ2v) is 4.99. The fraction of sp³-hybridized carbons (Fsp3) is 0.917. The van der Waals surface area contributed by atoms with Crippen molar-refractivity contribution in [2.45, 2.75) is 13.8 Å². The van der Waals surface area contributed by atoms with Crippen molar-refractivity contribution < 1.29 is 4.79 Å². The number of carbonyl (C=O) groups is 1. The molecule has 4 nitrogen and oxygen atoms in total. The molecule has 0 rings (SSSR count). The lowest BCUT2D eigenvalue weighted by Gasteiger charge is -2.25. The summed E-state index contributed by atoms with van der Waals surface area (Å²) < 4.78 is 0. The monoisotopic (exact) mass is 293 g/mol. The van der Waals surface area contributed by atoms with E-state index in [0.717, 1.165) is 38.5 Å². The zero-order valence-corrected chi connectivity index (χ0v) is 13.3. The Balaban J connectivity index is 4.00. The van der Waals surface area contributed by atoms with Crippen LogP contribution in [0.15, 0.2) is 0 Å². The molecule has 0 aliphatic heterocycles. The number of thiol groups is 2. The molecule has 0 aromatic heterocycles. The summed E-state index contributed by atoms with van der Waals surface area (Å²) in [5.74, 6) is 1.53. The highest BCUT2D eigenvalue weighted by atomic mass is 32.1. The van der Waals surface area contributed by atoms with Crippen molar-refractivity contribution in [2.75, 3.05) is 57.3 Å². The lowest BCUT2D eigenvalue weighted by Crippen LogP contribution is -2.42. The predicted molar refractivity (Wildman–Crippen MR) is 84.9 cm³/mol. The van der Waals surface area contributed by atoms with Crippen molar-refractivity contribution in [3.63, 3.8) is 0 Å². The molecule has 0 atom stereocenters. The molecule has 0 radical (unpaired) electrons. The number of rotatable bonds is 11. The summed E-state index contributed by atoms with van der Waals surface area (Å²) in [6, 6.07) is 0. The molecule has 0 aliphatic rings. The molecular weight excluding hydrogens is 266 g/mol. The average molecular weight is 294 g/mol. The minimum atomic E-state index is 0.0744. The van der Waals surface area contributed by atoms with Crippen molar-refractivity contribution in [2.24, 2.45) is 0 Å². The quantitative estimate of drug-likeness (QED) is 0.488. The van der Waals surface area contributed by atoms with E-state index in [-0.39, 0.29) is 5.91 Å². The molecule has 1 amide bonds. The number of likely N-dealkylation sites (N-methyl/N-ethyl adjacent to an activating group) is 1. The van der Waals surface area contributed by atoms with Crippen LogP contribution >= 0.6 is 25.3 Å². The first-order valence-electron chi connectivity index (χ1n) is 6.61. The van der Waals surface area contributed by atoms with Crippen LogP contribution in [-0.2, 0) is 4.79 Å². The molecular formula is C12H27N3OS2. The topological polar surface area (TPSA) is 35.6 Å². The first kappa shape index (κ1) is 18.1. The van der Waals surface area contributed by atoms with Gasteiger partial charge in [0.05, 0.1) is 6.54 Å². The van der Waals surface area contributed by atoms with Crippen molar-refractivity contribution in [1.82, 2.24) is 15.1 Å². The van der Waals surface area contributed by atoms with Crippen LogP contribution in [-0.4, -0.2) is 73.0 Å². The molecule has 0 unspecified atom stereocenters. The third kappa shape index (κ3) is 9.08. The highest BCUT2D eigenvalue weighted by molar-refractivity contribution is 7.80. The van der Waals surface area contributed by atoms with Crippen molar-refractivity contribution in [1.29, 1.82) is 0 Å². The number of hydrogen-bond acceptors (Lipinski definition) is 5. The maximum Gasteiger partial charge on any atom is 0.234 e. The van der Waals surface area contributed by atoms with E-state index in [2.05, 4.69) is 54.2 Å². The Morgan fingerprint density at radius 1 is 1.00 bits per heavy atom. The second-order valence-electron chi connectivity index (χ2n) is 4.10. The maximum atomic E-state index is 11.6. The number of nitrogens with one attached hydrogen (secondary N) is 1. The van der Waals surface area contributed by atoms with Gasteiger partial charge in [0.15, 0.2) is 0 Å². The summed E-state index contributed by atoms with van der Waals surface area (Å²) >= 11 is 8.32. The van der Waals surface area contributed by atoms with E-state index in [1.165, 1.54) is 0 Å². The fourth-order valence-electron chi connectivity index (χ4n) is 1.69. The van der Waals surface area contributed by atoms with Gasteiger partial charge in [-0.1, -0.05) is 13.8 Å². The van der Waals surface area contributed by atoms with Crippen LogP contribution in [0, 0.1) is 0 Å². The van der Waals surface area contributed by atoms with Gasteiger partial charge in [0.25, 0.3) is 0 Å². The zero-order valence-electron chi connectivity index (χ0n) is 11.6. The number of hydrogen-bond donors (Lipinski definition) is 3. The number of carbonyl (C=O) groups excluding carboxylic acids is 1. The van der Waals surface area contributed by atoms with Gasteiger partial charge < -0.3 is 10.2 Å². The Morgan fingerprint density at radius 2 is 1.61 bits per heavy atom. The van der Waals surface area contributed by atoms with E-state index in [1.807, 2.05) is 0 Å². The van der Waals surface area contributed by atoms with Gasteiger partial charge >= 0.3 is 0 Å². The number of nitrogens with zero attached hydrogens (tertiary/aromatic N) is 2. The van der Waals surface area contributed by atoms with Gasteiger partial charge in [0, 0.05) is 37.7 Å². The van der Waals surface area contributed by atoms with Crippen molar-refractivity contribution in [3.8, 4) is 0 Å². The second kappa shape index (κ2) is 12.1. The Labute approximate surface area is 122 Å². The van der Waals surface area contributed by atoms with Crippen LogP contribution in [0.1, 0.15) is 13.8 Å². The van der Waals surface area contributed by atoms with E-state index >= 15 is 0 Å². The summed E-state index contributed by atoms with van der Waals surface area (Å²) in [5, 5.41) is 2.84. The summed E-state index contributed by atoms with van der Waals surface area (Å²) in [6.07, 6.45) is 0. The van der Waals surface area contributed by atoms with E-state index in [9.17, 15) is 4.79 Å². The molecule has 0 fully saturated rings. The van der Waals surface area contributed by atoms with Gasteiger partial charge in [0.2, 0.25) is 5.91 Å². The molecule has 0 aliphatic carbocycles. The molecule has 0 aromatic carbocycles. The van der Waals surface area contributed by atoms with Crippen LogP contribution < -0.4 is 5.32 Å². The molecule has 0 heterocycles. The first-order valence-corrected chi connectivity index (χ1v) is 7.87. The van der Waals surface area contributed by atoms with Crippen molar-refractivity contribution in [3.05, 3.63) is 0 Å². The van der Waals surface area contributed by atoms with Gasteiger partial charge in [-0.05, 0) is 13.1 Å². The van der Waals surface area contributed by atoms with Gasteiger partial charge in [-0.25, -0.2) is 0 Å². The molecule has 0 spiro atoms. The predicted octanol–water partition coefficient (Wildman–Crippen LogP) is 0.606. The molecule has 0 bridgehead atoms. The molecule has 0 saturated heterocycles. The smallest absolute Gasteiger partial charge is 0.234 e. The molecule has 18 heavy (non-hydrogen) atoms. The van der Waals surface area contributed by atoms with Crippen molar-refractivity contribution >= 4 is 31.2 Å². The van der Waals surface area contributed by atoms with Gasteiger partial charge in [-0.15, -0.1) is 0 Å². The maximum absolute atomic E-state index is 11.6. The molecule has 1 N–H and O–H groups in total. The molecule has 6 heteroatoms. The van der Waals surface area contributed by atoms with Crippen LogP contribution in [0.2, 0.25) is 0 Å². The third-order valence-corrected chi connectivity index (χ3v) is 3.27. The van der Waals surface area contributed by atoms with E-state index < -0.39 is 0 Å². The number of amides is 1. The molecule has 108 valence electrons. The summed E-state index contributed by atoms with van der Waals surface area (Å²) in [4.78, 5) is 16.2. The molecule has 0 aromatic rings. The minimum absolute atomic E-state index is 0.0744. The third-order valence-electron chi connectivity index (χ3n) is 2.84. The normalized spacial score (nSPS) is 11.2. The Bertz CT molecular complexity index is 213. The Kier molecular flexibility index (Phi) is 12.2. The summed E-state index contributed by atoms with van der Waals surface area (Å²) in [6.45, 7) is 10.3. The standard InChI is InChI=1S/C12H27N3OS2/c1-3-14(4-2)6-7-15(8-10-18)11-12(16)13-5-9-17/h17-18H,3-11H2,1-2H3,(H,13,16). The Hall–Kier alpha value is 0.0900. The average Bonchev–Trinajstić information content (AvgIpc) is 2.37. The van der Waals surface area contributed by atoms with Gasteiger partial charge in [0.1, 0.15) is 0 Å². The van der Waals surface area contributed by atoms with E-state index in [4.69, 9.17) is 0 Å². The highest BCUT2D eigenvalue weighted by Gasteiger charge is 2.10. The largest absolute Gasteiger partial charge is 0.354 e. The van der Waals surface area contributed by atoms with Crippen LogP contribution in [0.4, 0.5) is 0 Å². The Morgan fingerprint density at radius 3 is 2.11 bits per heavy atom. The van der Waals surface area contributed by atoms with Crippen LogP contribution in [0.3, 0.4) is 0 Å². The summed E-state index contributed by atoms with van der Waals surface area (Å²) in [5.41, 5.74) is 0. The highest BCUT2D eigenvalue weighted by Crippen LogP contribution is 1.94. The van der Waals surface area contributed by atoms with Gasteiger partial charge in [-0.3, -0.25) is 9.69 Å². The van der Waals surface area contributed by atoms with Gasteiger partial charge in [-0.2, -0.15) is 25.3 Å². The fourth-order valence-corrected chi connectivity index (χ4v) is 2.08. The summed E-state index contributed by atoms with van der Waals surface area (Å²) in [7, 11) is 0. The van der Waals surface area contributed by atoms with E-state index in [0.29, 0.717) is 18.8 Å². The van der Waals surface area contributed by atoms with E-state index in [1.54, 1.807) is 0 Å². The first-order chi connectivity index (χ1) is 8.67.